The molecule has 0 saturated heterocycles. The molecule has 0 atom stereocenters. The summed E-state index contributed by atoms with van der Waals surface area (Å²) in [7, 11) is 0. The Hall–Kier alpha value is -7.16. The molecule has 0 aliphatic heterocycles. The zero-order valence-corrected chi connectivity index (χ0v) is 31.9. The van der Waals surface area contributed by atoms with E-state index in [-0.39, 0.29) is 5.41 Å². The summed E-state index contributed by atoms with van der Waals surface area (Å²) in [5, 5.41) is 7.51. The van der Waals surface area contributed by atoms with Gasteiger partial charge in [0, 0.05) is 22.1 Å². The molecule has 268 valence electrons. The minimum atomic E-state index is -0.117. The Bertz CT molecular complexity index is 3190. The van der Waals surface area contributed by atoms with E-state index in [1.54, 1.807) is 0 Å². The van der Waals surface area contributed by atoms with Crippen molar-refractivity contribution in [1.82, 2.24) is 9.97 Å². The number of hydrogen-bond acceptors (Lipinski definition) is 2. The average Bonchev–Trinajstić information content (AvgIpc) is 3.51. The van der Waals surface area contributed by atoms with Gasteiger partial charge in [0.15, 0.2) is 5.82 Å². The third-order valence-electron chi connectivity index (χ3n) is 12.1. The summed E-state index contributed by atoms with van der Waals surface area (Å²) in [6, 6.07) is 70.1. The SMILES string of the molecule is CC1(C)c2ccccc2-c2c(-c3cc(-c4ccccc4-c4ccccc4)nc(-c4ccc(-c5c6ccccc6cc6c5ccc5ccccc56)cc4)n3)cccc21. The van der Waals surface area contributed by atoms with Crippen LogP contribution < -0.4 is 0 Å². The van der Waals surface area contributed by atoms with Crippen molar-refractivity contribution < 1.29 is 0 Å². The van der Waals surface area contributed by atoms with Crippen molar-refractivity contribution in [2.45, 2.75) is 19.3 Å². The minimum Gasteiger partial charge on any atom is -0.228 e. The van der Waals surface area contributed by atoms with Gasteiger partial charge in [-0.1, -0.05) is 196 Å². The molecule has 2 nitrogen and oxygen atoms in total. The lowest BCUT2D eigenvalue weighted by Crippen LogP contribution is -2.14. The molecule has 0 amide bonds. The van der Waals surface area contributed by atoms with Crippen molar-refractivity contribution in [3.05, 3.63) is 205 Å². The topological polar surface area (TPSA) is 25.8 Å². The fraction of sp³-hybridized carbons (Fsp3) is 0.0545. The maximum atomic E-state index is 5.43. The van der Waals surface area contributed by atoms with Gasteiger partial charge in [-0.3, -0.25) is 0 Å². The lowest BCUT2D eigenvalue weighted by atomic mass is 9.82. The number of fused-ring (bicyclic) bond motifs is 7. The second-order valence-corrected chi connectivity index (χ2v) is 15.7. The van der Waals surface area contributed by atoms with Gasteiger partial charge >= 0.3 is 0 Å². The van der Waals surface area contributed by atoms with Crippen molar-refractivity contribution in [3.8, 4) is 67.3 Å². The smallest absolute Gasteiger partial charge is 0.160 e. The first kappa shape index (κ1) is 33.2. The van der Waals surface area contributed by atoms with E-state index in [1.807, 2.05) is 0 Å². The van der Waals surface area contributed by atoms with Gasteiger partial charge in [-0.05, 0) is 89.0 Å². The molecule has 0 bridgehead atoms. The second-order valence-electron chi connectivity index (χ2n) is 15.7. The Morgan fingerprint density at radius 2 is 0.930 bits per heavy atom. The molecule has 0 N–H and O–H groups in total. The standard InChI is InChI=1S/C55H38N2/c1-55(2)48-25-13-12-23-45(48)53-46(24-14-26-49(53)55)51-34-50(43-22-11-10-19-40(43)35-15-4-3-5-16-35)56-54(57-51)38-29-27-37(28-30-38)52-42-21-9-7-18-39(42)33-47-41-20-8-6-17-36(41)31-32-44(47)52/h3-34H,1-2H3. The summed E-state index contributed by atoms with van der Waals surface area (Å²) in [4.78, 5) is 10.8. The van der Waals surface area contributed by atoms with Gasteiger partial charge in [-0.25, -0.2) is 9.97 Å². The molecule has 9 aromatic carbocycles. The Labute approximate surface area is 332 Å². The van der Waals surface area contributed by atoms with Gasteiger partial charge < -0.3 is 0 Å². The van der Waals surface area contributed by atoms with E-state index in [0.717, 1.165) is 39.2 Å². The third kappa shape index (κ3) is 5.33. The molecule has 57 heavy (non-hydrogen) atoms. The van der Waals surface area contributed by atoms with Gasteiger partial charge in [0.1, 0.15) is 0 Å². The summed E-state index contributed by atoms with van der Waals surface area (Å²) in [5.41, 5.74) is 14.8. The minimum absolute atomic E-state index is 0.117. The van der Waals surface area contributed by atoms with Gasteiger partial charge in [-0.2, -0.15) is 0 Å². The lowest BCUT2D eigenvalue weighted by Gasteiger charge is -2.21. The van der Waals surface area contributed by atoms with E-state index in [1.165, 1.54) is 65.7 Å². The Kier molecular flexibility index (Phi) is 7.55. The highest BCUT2D eigenvalue weighted by Gasteiger charge is 2.36. The van der Waals surface area contributed by atoms with Gasteiger partial charge in [0.25, 0.3) is 0 Å². The highest BCUT2D eigenvalue weighted by Crippen LogP contribution is 2.52. The molecule has 1 heterocycles. The zero-order valence-electron chi connectivity index (χ0n) is 31.9. The molecule has 0 saturated carbocycles. The highest BCUT2D eigenvalue weighted by molar-refractivity contribution is 6.20. The number of aromatic nitrogens is 2. The van der Waals surface area contributed by atoms with Crippen LogP contribution >= 0.6 is 0 Å². The lowest BCUT2D eigenvalue weighted by molar-refractivity contribution is 0.660. The molecule has 0 fully saturated rings. The van der Waals surface area contributed by atoms with Crippen LogP contribution in [0.3, 0.4) is 0 Å². The average molecular weight is 727 g/mol. The predicted molar refractivity (Wildman–Crippen MR) is 239 cm³/mol. The number of hydrogen-bond donors (Lipinski definition) is 0. The summed E-state index contributed by atoms with van der Waals surface area (Å²) >= 11 is 0. The van der Waals surface area contributed by atoms with Crippen LogP contribution in [0.4, 0.5) is 0 Å². The fourth-order valence-corrected chi connectivity index (χ4v) is 9.31. The van der Waals surface area contributed by atoms with Crippen LogP contribution in [-0.4, -0.2) is 9.97 Å². The van der Waals surface area contributed by atoms with Crippen LogP contribution in [0, 0.1) is 0 Å². The van der Waals surface area contributed by atoms with E-state index in [4.69, 9.17) is 9.97 Å². The van der Waals surface area contributed by atoms with E-state index in [9.17, 15) is 0 Å². The van der Waals surface area contributed by atoms with Crippen molar-refractivity contribution in [3.63, 3.8) is 0 Å². The summed E-state index contributed by atoms with van der Waals surface area (Å²) in [6.07, 6.45) is 0. The van der Waals surface area contributed by atoms with Crippen molar-refractivity contribution >= 4 is 32.3 Å². The van der Waals surface area contributed by atoms with Crippen LogP contribution in [-0.2, 0) is 5.41 Å². The first-order chi connectivity index (χ1) is 28.0. The summed E-state index contributed by atoms with van der Waals surface area (Å²) in [6.45, 7) is 4.66. The Morgan fingerprint density at radius 3 is 1.74 bits per heavy atom. The molecule has 11 rings (SSSR count). The zero-order chi connectivity index (χ0) is 38.1. The van der Waals surface area contributed by atoms with Crippen molar-refractivity contribution in [2.24, 2.45) is 0 Å². The van der Waals surface area contributed by atoms with E-state index >= 15 is 0 Å². The maximum Gasteiger partial charge on any atom is 0.160 e. The molecule has 1 aliphatic carbocycles. The second kappa shape index (κ2) is 13.0. The quantitative estimate of drug-likeness (QED) is 0.130. The highest BCUT2D eigenvalue weighted by atomic mass is 14.9. The summed E-state index contributed by atoms with van der Waals surface area (Å²) in [5.74, 6) is 0.703. The van der Waals surface area contributed by atoms with Crippen LogP contribution in [0.2, 0.25) is 0 Å². The Morgan fingerprint density at radius 1 is 0.333 bits per heavy atom. The molecule has 10 aromatic rings. The normalized spacial score (nSPS) is 12.9. The molecule has 0 unspecified atom stereocenters. The van der Waals surface area contributed by atoms with Crippen molar-refractivity contribution in [2.75, 3.05) is 0 Å². The number of nitrogens with zero attached hydrogens (tertiary/aromatic N) is 2. The molecule has 1 aromatic heterocycles. The number of benzene rings is 9. The van der Waals surface area contributed by atoms with Gasteiger partial charge in [0.2, 0.25) is 0 Å². The van der Waals surface area contributed by atoms with Crippen molar-refractivity contribution in [1.29, 1.82) is 0 Å². The molecule has 0 spiro atoms. The largest absolute Gasteiger partial charge is 0.228 e. The van der Waals surface area contributed by atoms with Crippen LogP contribution in [0.25, 0.3) is 99.6 Å². The first-order valence-electron chi connectivity index (χ1n) is 19.7. The molecule has 2 heteroatoms. The fourth-order valence-electron chi connectivity index (χ4n) is 9.31. The molecule has 1 aliphatic rings. The van der Waals surface area contributed by atoms with Crippen LogP contribution in [0.15, 0.2) is 194 Å². The predicted octanol–water partition coefficient (Wildman–Crippen LogP) is 14.6. The maximum absolute atomic E-state index is 5.43. The van der Waals surface area contributed by atoms with E-state index < -0.39 is 0 Å². The Balaban J connectivity index is 1.12. The van der Waals surface area contributed by atoms with E-state index in [2.05, 4.69) is 208 Å². The molecule has 0 radical (unpaired) electrons. The van der Waals surface area contributed by atoms with Gasteiger partial charge in [-0.15, -0.1) is 0 Å². The van der Waals surface area contributed by atoms with E-state index in [0.29, 0.717) is 5.82 Å². The monoisotopic (exact) mass is 726 g/mol. The first-order valence-corrected chi connectivity index (χ1v) is 19.7. The van der Waals surface area contributed by atoms with Gasteiger partial charge in [0.05, 0.1) is 11.4 Å². The van der Waals surface area contributed by atoms with Crippen LogP contribution in [0.1, 0.15) is 25.0 Å². The van der Waals surface area contributed by atoms with Crippen LogP contribution in [0.5, 0.6) is 0 Å². The summed E-state index contributed by atoms with van der Waals surface area (Å²) < 4.78 is 0. The third-order valence-corrected chi connectivity index (χ3v) is 12.1. The molecular formula is C55H38N2. The molecular weight excluding hydrogens is 689 g/mol. The number of rotatable bonds is 5.